The molecule has 5 nitrogen and oxygen atoms in total. The predicted octanol–water partition coefficient (Wildman–Crippen LogP) is 1.11. The molecule has 0 aliphatic carbocycles. The van der Waals surface area contributed by atoms with Crippen molar-refractivity contribution in [3.8, 4) is 0 Å². The highest BCUT2D eigenvalue weighted by Crippen LogP contribution is 1.98. The zero-order valence-electron chi connectivity index (χ0n) is 8.19. The van der Waals surface area contributed by atoms with Crippen molar-refractivity contribution in [3.05, 3.63) is 11.6 Å². The molecule has 0 heterocycles. The summed E-state index contributed by atoms with van der Waals surface area (Å²) in [6.45, 7) is 3.45. The first-order valence-electron chi connectivity index (χ1n) is 4.16. The lowest BCUT2D eigenvalue weighted by Gasteiger charge is -2.04. The standard InChI is InChI=1S/C9H13NO4/c1-7(9(12)13)4-3-5-14-8(2)10-6-11/h4,8H,3,5H2,1-2H3,(H,12,13). The molecule has 1 N–H and O–H groups in total. The molecule has 14 heavy (non-hydrogen) atoms. The molecular weight excluding hydrogens is 186 g/mol. The first kappa shape index (κ1) is 12.6. The van der Waals surface area contributed by atoms with Crippen LogP contribution in [0.2, 0.25) is 0 Å². The second-order valence-corrected chi connectivity index (χ2v) is 2.67. The SMILES string of the molecule is CC(=CCCOC(C)N=C=O)C(=O)O. The molecule has 0 bridgehead atoms. The van der Waals surface area contributed by atoms with Crippen molar-refractivity contribution in [2.45, 2.75) is 26.5 Å². The van der Waals surface area contributed by atoms with Gasteiger partial charge in [0.1, 0.15) is 0 Å². The van der Waals surface area contributed by atoms with Crippen LogP contribution in [0.25, 0.3) is 0 Å². The van der Waals surface area contributed by atoms with Crippen LogP contribution in [0.4, 0.5) is 0 Å². The number of aliphatic carboxylic acids is 1. The van der Waals surface area contributed by atoms with Crippen LogP contribution in [0.3, 0.4) is 0 Å². The van der Waals surface area contributed by atoms with Gasteiger partial charge in [-0.15, -0.1) is 0 Å². The van der Waals surface area contributed by atoms with E-state index in [0.29, 0.717) is 13.0 Å². The van der Waals surface area contributed by atoms with Crippen molar-refractivity contribution in [1.82, 2.24) is 0 Å². The maximum Gasteiger partial charge on any atom is 0.330 e. The van der Waals surface area contributed by atoms with Crippen molar-refractivity contribution in [2.75, 3.05) is 6.61 Å². The third-order valence-corrected chi connectivity index (χ3v) is 1.50. The van der Waals surface area contributed by atoms with Crippen LogP contribution in [0.15, 0.2) is 16.6 Å². The number of aliphatic imine (C=N–C) groups is 1. The van der Waals surface area contributed by atoms with Crippen LogP contribution in [0.1, 0.15) is 20.3 Å². The van der Waals surface area contributed by atoms with Crippen molar-refractivity contribution < 1.29 is 19.4 Å². The van der Waals surface area contributed by atoms with Gasteiger partial charge in [0.25, 0.3) is 0 Å². The van der Waals surface area contributed by atoms with Crippen molar-refractivity contribution in [3.63, 3.8) is 0 Å². The van der Waals surface area contributed by atoms with Crippen LogP contribution in [0.5, 0.6) is 0 Å². The Labute approximate surface area is 82.1 Å². The molecule has 0 saturated carbocycles. The molecule has 0 aliphatic heterocycles. The first-order chi connectivity index (χ1) is 6.57. The monoisotopic (exact) mass is 199 g/mol. The molecule has 0 aromatic carbocycles. The van der Waals surface area contributed by atoms with Gasteiger partial charge in [0, 0.05) is 5.57 Å². The summed E-state index contributed by atoms with van der Waals surface area (Å²) in [5, 5.41) is 8.50. The Morgan fingerprint density at radius 3 is 2.86 bits per heavy atom. The van der Waals surface area contributed by atoms with Gasteiger partial charge >= 0.3 is 5.97 Å². The van der Waals surface area contributed by atoms with Crippen LogP contribution in [0, 0.1) is 0 Å². The average molecular weight is 199 g/mol. The topological polar surface area (TPSA) is 76.0 Å². The number of hydrogen-bond donors (Lipinski definition) is 1. The molecule has 78 valence electrons. The lowest BCUT2D eigenvalue weighted by molar-refractivity contribution is -0.132. The molecule has 0 amide bonds. The summed E-state index contributed by atoms with van der Waals surface area (Å²) in [5.41, 5.74) is 0.278. The summed E-state index contributed by atoms with van der Waals surface area (Å²) in [6, 6.07) is 0. The van der Waals surface area contributed by atoms with E-state index in [1.165, 1.54) is 13.0 Å². The van der Waals surface area contributed by atoms with Crippen molar-refractivity contribution in [2.24, 2.45) is 4.99 Å². The molecule has 1 atom stereocenters. The molecule has 0 saturated heterocycles. The molecule has 5 heteroatoms. The molecule has 1 unspecified atom stereocenters. The summed E-state index contributed by atoms with van der Waals surface area (Å²) in [7, 11) is 0. The van der Waals surface area contributed by atoms with Gasteiger partial charge in [0.2, 0.25) is 6.08 Å². The smallest absolute Gasteiger partial charge is 0.330 e. The van der Waals surface area contributed by atoms with E-state index in [1.54, 1.807) is 13.0 Å². The van der Waals surface area contributed by atoms with Gasteiger partial charge in [0.05, 0.1) is 6.61 Å². The Morgan fingerprint density at radius 1 is 1.71 bits per heavy atom. The Morgan fingerprint density at radius 2 is 2.36 bits per heavy atom. The van der Waals surface area contributed by atoms with Crippen LogP contribution in [-0.4, -0.2) is 30.0 Å². The number of hydrogen-bond acceptors (Lipinski definition) is 4. The fourth-order valence-electron chi connectivity index (χ4n) is 0.713. The van der Waals surface area contributed by atoms with Gasteiger partial charge in [-0.05, 0) is 20.3 Å². The second-order valence-electron chi connectivity index (χ2n) is 2.67. The largest absolute Gasteiger partial charge is 0.478 e. The molecule has 0 rings (SSSR count). The van der Waals surface area contributed by atoms with Crippen LogP contribution in [-0.2, 0) is 14.3 Å². The number of isocyanates is 1. The fourth-order valence-corrected chi connectivity index (χ4v) is 0.713. The molecule has 0 spiro atoms. The van der Waals surface area contributed by atoms with Gasteiger partial charge in [0.15, 0.2) is 6.23 Å². The van der Waals surface area contributed by atoms with E-state index < -0.39 is 12.2 Å². The van der Waals surface area contributed by atoms with Crippen molar-refractivity contribution in [1.29, 1.82) is 0 Å². The van der Waals surface area contributed by atoms with Crippen LogP contribution >= 0.6 is 0 Å². The Bertz CT molecular complexity index is 266. The maximum absolute atomic E-state index is 10.4. The number of carbonyl (C=O) groups is 1. The number of ether oxygens (including phenoxy) is 1. The van der Waals surface area contributed by atoms with Gasteiger partial charge in [-0.3, -0.25) is 0 Å². The number of carboxylic acids is 1. The molecule has 0 aromatic rings. The number of carbonyl (C=O) groups excluding carboxylic acids is 1. The maximum atomic E-state index is 10.4. The quantitative estimate of drug-likeness (QED) is 0.301. The summed E-state index contributed by atoms with van der Waals surface area (Å²) in [4.78, 5) is 23.4. The number of carboxylic acid groups (broad SMARTS) is 1. The predicted molar refractivity (Wildman–Crippen MR) is 49.5 cm³/mol. The zero-order valence-corrected chi connectivity index (χ0v) is 8.19. The summed E-state index contributed by atoms with van der Waals surface area (Å²) in [5.74, 6) is -0.941. The Hall–Kier alpha value is -1.45. The van der Waals surface area contributed by atoms with Crippen molar-refractivity contribution >= 4 is 12.0 Å². The third kappa shape index (κ3) is 6.11. The Kier molecular flexibility index (Phi) is 6.28. The van der Waals surface area contributed by atoms with E-state index in [2.05, 4.69) is 4.99 Å². The van der Waals surface area contributed by atoms with E-state index in [4.69, 9.17) is 9.84 Å². The number of nitrogens with zero attached hydrogens (tertiary/aromatic N) is 1. The first-order valence-corrected chi connectivity index (χ1v) is 4.16. The molecular formula is C9H13NO4. The minimum atomic E-state index is -0.941. The fraction of sp³-hybridized carbons (Fsp3) is 0.556. The summed E-state index contributed by atoms with van der Waals surface area (Å²) < 4.78 is 5.05. The molecule has 0 fully saturated rings. The number of rotatable bonds is 6. The lowest BCUT2D eigenvalue weighted by Crippen LogP contribution is -2.05. The molecule has 0 radical (unpaired) electrons. The normalized spacial score (nSPS) is 13.1. The lowest BCUT2D eigenvalue weighted by atomic mass is 10.2. The average Bonchev–Trinajstić information content (AvgIpc) is 2.12. The van der Waals surface area contributed by atoms with Gasteiger partial charge in [-0.25, -0.2) is 9.59 Å². The van der Waals surface area contributed by atoms with E-state index >= 15 is 0 Å². The highest BCUT2D eigenvalue weighted by atomic mass is 16.5. The Balaban J connectivity index is 3.70. The summed E-state index contributed by atoms with van der Waals surface area (Å²) in [6.07, 6.45) is 2.89. The minimum absolute atomic E-state index is 0.278. The highest BCUT2D eigenvalue weighted by molar-refractivity contribution is 5.85. The van der Waals surface area contributed by atoms with E-state index in [0.717, 1.165) is 0 Å². The van der Waals surface area contributed by atoms with E-state index in [-0.39, 0.29) is 5.57 Å². The van der Waals surface area contributed by atoms with Gasteiger partial charge in [-0.2, -0.15) is 4.99 Å². The van der Waals surface area contributed by atoms with Gasteiger partial charge in [-0.1, -0.05) is 6.08 Å². The highest BCUT2D eigenvalue weighted by Gasteiger charge is 1.99. The zero-order chi connectivity index (χ0) is 11.0. The van der Waals surface area contributed by atoms with Crippen LogP contribution < -0.4 is 0 Å². The van der Waals surface area contributed by atoms with E-state index in [1.807, 2.05) is 0 Å². The van der Waals surface area contributed by atoms with E-state index in [9.17, 15) is 9.59 Å². The molecule has 0 aromatic heterocycles. The minimum Gasteiger partial charge on any atom is -0.478 e. The molecule has 0 aliphatic rings. The summed E-state index contributed by atoms with van der Waals surface area (Å²) >= 11 is 0. The van der Waals surface area contributed by atoms with Gasteiger partial charge < -0.3 is 9.84 Å². The third-order valence-electron chi connectivity index (χ3n) is 1.50. The second kappa shape index (κ2) is 7.00.